The summed E-state index contributed by atoms with van der Waals surface area (Å²) >= 11 is 0. The molecule has 3 rings (SSSR count). The molecule has 0 radical (unpaired) electrons. The molecule has 1 aromatic carbocycles. The highest BCUT2D eigenvalue weighted by Crippen LogP contribution is 2.21. The first kappa shape index (κ1) is 22.5. The van der Waals surface area contributed by atoms with E-state index in [0.717, 1.165) is 5.56 Å². The SMILES string of the molecule is CN(C)S(=O)(=O)N1CCN(C(=O)C2CCN(C(=O)/C=C/c3ccccc3)CC2)CC1. The van der Waals surface area contributed by atoms with Gasteiger partial charge in [0.1, 0.15) is 0 Å². The summed E-state index contributed by atoms with van der Waals surface area (Å²) in [5.41, 5.74) is 0.978. The molecule has 0 spiro atoms. The number of nitrogens with zero attached hydrogens (tertiary/aromatic N) is 4. The highest BCUT2D eigenvalue weighted by molar-refractivity contribution is 7.86. The van der Waals surface area contributed by atoms with Crippen LogP contribution in [-0.2, 0) is 19.8 Å². The van der Waals surface area contributed by atoms with Gasteiger partial charge < -0.3 is 9.80 Å². The van der Waals surface area contributed by atoms with E-state index < -0.39 is 10.2 Å². The molecular formula is C21H30N4O4S. The quantitative estimate of drug-likeness (QED) is 0.645. The van der Waals surface area contributed by atoms with Crippen molar-refractivity contribution < 1.29 is 18.0 Å². The Labute approximate surface area is 178 Å². The molecule has 0 bridgehead atoms. The van der Waals surface area contributed by atoms with Gasteiger partial charge in [0.05, 0.1) is 0 Å². The third kappa shape index (κ3) is 5.27. The Kier molecular flexibility index (Phi) is 7.27. The van der Waals surface area contributed by atoms with Crippen molar-refractivity contribution in [2.45, 2.75) is 12.8 Å². The number of carbonyl (C=O) groups excluding carboxylic acids is 2. The lowest BCUT2D eigenvalue weighted by molar-refractivity contribution is -0.140. The Morgan fingerprint density at radius 2 is 1.53 bits per heavy atom. The molecule has 0 saturated carbocycles. The molecule has 9 heteroatoms. The molecule has 2 saturated heterocycles. The normalized spacial score (nSPS) is 19.6. The van der Waals surface area contributed by atoms with Crippen LogP contribution in [0.1, 0.15) is 18.4 Å². The molecule has 1 aromatic rings. The molecule has 0 aliphatic carbocycles. The number of carbonyl (C=O) groups is 2. The number of likely N-dealkylation sites (tertiary alicyclic amines) is 1. The zero-order valence-corrected chi connectivity index (χ0v) is 18.4. The summed E-state index contributed by atoms with van der Waals surface area (Å²) in [6.07, 6.45) is 4.67. The Morgan fingerprint density at radius 1 is 0.933 bits per heavy atom. The van der Waals surface area contributed by atoms with Crippen LogP contribution in [0.15, 0.2) is 36.4 Å². The Morgan fingerprint density at radius 3 is 2.10 bits per heavy atom. The minimum Gasteiger partial charge on any atom is -0.340 e. The fourth-order valence-electron chi connectivity index (χ4n) is 3.81. The molecule has 2 fully saturated rings. The van der Waals surface area contributed by atoms with E-state index >= 15 is 0 Å². The van der Waals surface area contributed by atoms with Gasteiger partial charge in [-0.2, -0.15) is 17.0 Å². The molecule has 0 atom stereocenters. The first-order valence-corrected chi connectivity index (χ1v) is 11.7. The summed E-state index contributed by atoms with van der Waals surface area (Å²) in [4.78, 5) is 28.8. The van der Waals surface area contributed by atoms with Gasteiger partial charge in [-0.05, 0) is 24.5 Å². The fraction of sp³-hybridized carbons (Fsp3) is 0.524. The van der Waals surface area contributed by atoms with Gasteiger partial charge in [0.25, 0.3) is 10.2 Å². The van der Waals surface area contributed by atoms with Crippen LogP contribution in [-0.4, -0.2) is 92.0 Å². The van der Waals surface area contributed by atoms with Crippen molar-refractivity contribution in [1.29, 1.82) is 0 Å². The molecule has 30 heavy (non-hydrogen) atoms. The van der Waals surface area contributed by atoms with Gasteiger partial charge in [-0.3, -0.25) is 9.59 Å². The highest BCUT2D eigenvalue weighted by Gasteiger charge is 2.34. The summed E-state index contributed by atoms with van der Waals surface area (Å²) in [6.45, 7) is 2.56. The van der Waals surface area contributed by atoms with Crippen molar-refractivity contribution in [3.63, 3.8) is 0 Å². The third-order valence-corrected chi connectivity index (χ3v) is 7.65. The van der Waals surface area contributed by atoms with E-state index in [1.165, 1.54) is 22.7 Å². The smallest absolute Gasteiger partial charge is 0.281 e. The van der Waals surface area contributed by atoms with Crippen molar-refractivity contribution in [3.05, 3.63) is 42.0 Å². The Hall–Kier alpha value is -2.23. The number of rotatable bonds is 5. The van der Waals surface area contributed by atoms with Gasteiger partial charge in [0.2, 0.25) is 11.8 Å². The number of hydrogen-bond acceptors (Lipinski definition) is 4. The monoisotopic (exact) mass is 434 g/mol. The second-order valence-electron chi connectivity index (χ2n) is 7.86. The predicted octanol–water partition coefficient (Wildman–Crippen LogP) is 0.889. The van der Waals surface area contributed by atoms with Crippen LogP contribution in [0.5, 0.6) is 0 Å². The van der Waals surface area contributed by atoms with E-state index in [2.05, 4.69) is 0 Å². The maximum Gasteiger partial charge on any atom is 0.281 e. The summed E-state index contributed by atoms with van der Waals surface area (Å²) in [5.74, 6) is -0.0692. The van der Waals surface area contributed by atoms with Crippen molar-refractivity contribution >= 4 is 28.1 Å². The number of amides is 2. The second-order valence-corrected chi connectivity index (χ2v) is 10.0. The van der Waals surface area contributed by atoms with E-state index in [1.54, 1.807) is 22.0 Å². The van der Waals surface area contributed by atoms with Crippen molar-refractivity contribution in [3.8, 4) is 0 Å². The zero-order valence-electron chi connectivity index (χ0n) is 17.6. The maximum atomic E-state index is 12.9. The summed E-state index contributed by atoms with van der Waals surface area (Å²) < 4.78 is 27.0. The van der Waals surface area contributed by atoms with Gasteiger partial charge >= 0.3 is 0 Å². The van der Waals surface area contributed by atoms with Gasteiger partial charge in [-0.15, -0.1) is 0 Å². The molecule has 0 N–H and O–H groups in total. The van der Waals surface area contributed by atoms with E-state index in [1.807, 2.05) is 30.3 Å². The first-order valence-electron chi connectivity index (χ1n) is 10.3. The number of benzene rings is 1. The number of hydrogen-bond donors (Lipinski definition) is 0. The lowest BCUT2D eigenvalue weighted by atomic mass is 9.95. The van der Waals surface area contributed by atoms with Crippen LogP contribution < -0.4 is 0 Å². The summed E-state index contributed by atoms with van der Waals surface area (Å²) in [6, 6.07) is 9.67. The van der Waals surface area contributed by atoms with E-state index in [-0.39, 0.29) is 17.7 Å². The van der Waals surface area contributed by atoms with Gasteiger partial charge in [0.15, 0.2) is 0 Å². The largest absolute Gasteiger partial charge is 0.340 e. The van der Waals surface area contributed by atoms with E-state index in [9.17, 15) is 18.0 Å². The van der Waals surface area contributed by atoms with Crippen LogP contribution in [0.2, 0.25) is 0 Å². The second kappa shape index (κ2) is 9.72. The summed E-state index contributed by atoms with van der Waals surface area (Å²) in [5, 5.41) is 0. The average molecular weight is 435 g/mol. The Balaban J connectivity index is 1.47. The number of piperazine rings is 1. The molecule has 164 valence electrons. The topological polar surface area (TPSA) is 81.2 Å². The van der Waals surface area contributed by atoms with Crippen LogP contribution in [0.3, 0.4) is 0 Å². The predicted molar refractivity (Wildman–Crippen MR) is 116 cm³/mol. The molecule has 2 aliphatic heterocycles. The first-order chi connectivity index (χ1) is 14.3. The molecule has 2 amide bonds. The average Bonchev–Trinajstić information content (AvgIpc) is 2.77. The lowest BCUT2D eigenvalue weighted by Crippen LogP contribution is -2.54. The van der Waals surface area contributed by atoms with Crippen molar-refractivity contribution in [2.75, 3.05) is 53.4 Å². The molecular weight excluding hydrogens is 404 g/mol. The molecule has 2 aliphatic rings. The molecule has 0 aromatic heterocycles. The standard InChI is InChI=1S/C21H30N4O4S/c1-22(2)30(28,29)25-16-14-24(15-17-25)21(27)19-10-12-23(13-11-19)20(26)9-8-18-6-4-3-5-7-18/h3-9,19H,10-17H2,1-2H3/b9-8+. The van der Waals surface area contributed by atoms with Crippen LogP contribution in [0, 0.1) is 5.92 Å². The zero-order chi connectivity index (χ0) is 21.7. The highest BCUT2D eigenvalue weighted by atomic mass is 32.2. The lowest BCUT2D eigenvalue weighted by Gasteiger charge is -2.38. The van der Waals surface area contributed by atoms with E-state index in [0.29, 0.717) is 52.1 Å². The minimum atomic E-state index is -3.44. The summed E-state index contributed by atoms with van der Waals surface area (Å²) in [7, 11) is -0.417. The minimum absolute atomic E-state index is 0.0349. The maximum absolute atomic E-state index is 12.9. The van der Waals surface area contributed by atoms with Crippen LogP contribution >= 0.6 is 0 Å². The van der Waals surface area contributed by atoms with Crippen LogP contribution in [0.4, 0.5) is 0 Å². The van der Waals surface area contributed by atoms with E-state index in [4.69, 9.17) is 0 Å². The van der Waals surface area contributed by atoms with Crippen molar-refractivity contribution in [2.24, 2.45) is 5.92 Å². The Bertz CT molecular complexity index is 870. The van der Waals surface area contributed by atoms with Crippen molar-refractivity contribution in [1.82, 2.24) is 18.4 Å². The molecule has 0 unspecified atom stereocenters. The third-order valence-electron chi connectivity index (χ3n) is 5.71. The van der Waals surface area contributed by atoms with Gasteiger partial charge in [-0.1, -0.05) is 30.3 Å². The molecule has 2 heterocycles. The van der Waals surface area contributed by atoms with Crippen LogP contribution in [0.25, 0.3) is 6.08 Å². The molecule has 8 nitrogen and oxygen atoms in total. The van der Waals surface area contributed by atoms with Gasteiger partial charge in [-0.25, -0.2) is 0 Å². The number of piperidine rings is 1. The fourth-order valence-corrected chi connectivity index (χ4v) is 4.90. The van der Waals surface area contributed by atoms with Gasteiger partial charge in [0, 0.05) is 65.4 Å².